The normalized spacial score (nSPS) is 21.6. The van der Waals surface area contributed by atoms with Gasteiger partial charge in [-0.15, -0.1) is 0 Å². The number of imidazole rings is 1. The molecule has 2 aromatic rings. The van der Waals surface area contributed by atoms with Crippen LogP contribution >= 0.6 is 0 Å². The van der Waals surface area contributed by atoms with E-state index in [9.17, 15) is 0 Å². The van der Waals surface area contributed by atoms with Crippen LogP contribution in [0.15, 0.2) is 18.2 Å². The van der Waals surface area contributed by atoms with Crippen molar-refractivity contribution in [1.29, 1.82) is 0 Å². The maximum absolute atomic E-state index is 4.66. The number of H-pyrrole nitrogens is 1. The van der Waals surface area contributed by atoms with Gasteiger partial charge in [0.05, 0.1) is 11.0 Å². The van der Waals surface area contributed by atoms with Gasteiger partial charge in [-0.05, 0) is 65.2 Å². The van der Waals surface area contributed by atoms with Gasteiger partial charge >= 0.3 is 0 Å². The first-order chi connectivity index (χ1) is 9.72. The van der Waals surface area contributed by atoms with E-state index < -0.39 is 0 Å². The highest BCUT2D eigenvalue weighted by Gasteiger charge is 2.37. The van der Waals surface area contributed by atoms with Crippen molar-refractivity contribution in [1.82, 2.24) is 15.3 Å². The highest BCUT2D eigenvalue weighted by atomic mass is 15.2. The van der Waals surface area contributed by atoms with Crippen molar-refractivity contribution in [3.63, 3.8) is 0 Å². The second-order valence-corrected chi connectivity index (χ2v) is 7.75. The number of nitrogens with zero attached hydrogens (tertiary/aromatic N) is 1. The molecule has 114 valence electrons. The minimum absolute atomic E-state index is 0.141. The van der Waals surface area contributed by atoms with Crippen LogP contribution in [-0.2, 0) is 0 Å². The molecule has 4 nitrogen and oxygen atoms in total. The van der Waals surface area contributed by atoms with E-state index in [1.165, 1.54) is 5.56 Å². The largest absolute Gasteiger partial charge is 0.353 e. The summed E-state index contributed by atoms with van der Waals surface area (Å²) in [6.45, 7) is 11.2. The zero-order valence-electron chi connectivity index (χ0n) is 13.7. The number of benzene rings is 1. The molecule has 1 aromatic heterocycles. The Balaban J connectivity index is 1.81. The first-order valence-electron chi connectivity index (χ1n) is 7.75. The molecule has 21 heavy (non-hydrogen) atoms. The molecular weight excluding hydrogens is 260 g/mol. The molecule has 1 saturated heterocycles. The van der Waals surface area contributed by atoms with Gasteiger partial charge in [-0.3, -0.25) is 0 Å². The minimum Gasteiger partial charge on any atom is -0.353 e. The Morgan fingerprint density at radius 2 is 1.81 bits per heavy atom. The predicted molar refractivity (Wildman–Crippen MR) is 88.8 cm³/mol. The van der Waals surface area contributed by atoms with Crippen LogP contribution in [0.4, 0.5) is 5.95 Å². The molecule has 3 rings (SSSR count). The van der Waals surface area contributed by atoms with Crippen LogP contribution in [-0.4, -0.2) is 27.1 Å². The number of aromatic nitrogens is 2. The van der Waals surface area contributed by atoms with Crippen molar-refractivity contribution in [2.75, 3.05) is 5.32 Å². The van der Waals surface area contributed by atoms with Gasteiger partial charge < -0.3 is 15.6 Å². The summed E-state index contributed by atoms with van der Waals surface area (Å²) in [7, 11) is 0. The van der Waals surface area contributed by atoms with Gasteiger partial charge in [-0.25, -0.2) is 4.98 Å². The number of anilines is 1. The van der Waals surface area contributed by atoms with E-state index in [4.69, 9.17) is 0 Å². The molecule has 0 unspecified atom stereocenters. The summed E-state index contributed by atoms with van der Waals surface area (Å²) in [5.41, 5.74) is 3.66. The molecular formula is C17H26N4. The molecule has 0 aliphatic carbocycles. The maximum Gasteiger partial charge on any atom is 0.201 e. The summed E-state index contributed by atoms with van der Waals surface area (Å²) in [4.78, 5) is 8.05. The van der Waals surface area contributed by atoms with Gasteiger partial charge in [-0.2, -0.15) is 0 Å². The summed E-state index contributed by atoms with van der Waals surface area (Å²) >= 11 is 0. The number of aromatic amines is 1. The lowest BCUT2D eigenvalue weighted by Gasteiger charge is -2.46. The number of rotatable bonds is 2. The molecule has 1 aliphatic heterocycles. The Labute approximate surface area is 126 Å². The summed E-state index contributed by atoms with van der Waals surface area (Å²) < 4.78 is 0. The molecule has 4 heteroatoms. The van der Waals surface area contributed by atoms with E-state index in [1.807, 2.05) is 0 Å². The summed E-state index contributed by atoms with van der Waals surface area (Å²) in [6.07, 6.45) is 2.18. The third-order valence-corrected chi connectivity index (χ3v) is 4.17. The summed E-state index contributed by atoms with van der Waals surface area (Å²) in [6, 6.07) is 6.74. The zero-order chi connectivity index (χ0) is 15.3. The quantitative estimate of drug-likeness (QED) is 0.790. The maximum atomic E-state index is 4.66. The molecule has 0 saturated carbocycles. The standard InChI is InChI=1S/C17H26N4/c1-11-6-7-13-14(8-11)20-15(19-13)18-12-9-16(2,3)21-17(4,5)10-12/h6-8,12,21H,9-10H2,1-5H3,(H2,18,19,20). The monoisotopic (exact) mass is 286 g/mol. The molecule has 0 atom stereocenters. The fourth-order valence-electron chi connectivity index (χ4n) is 3.81. The Bertz CT molecular complexity index is 638. The Kier molecular flexibility index (Phi) is 3.24. The van der Waals surface area contributed by atoms with Crippen LogP contribution in [0.3, 0.4) is 0 Å². The molecule has 0 amide bonds. The summed E-state index contributed by atoms with van der Waals surface area (Å²) in [5.74, 6) is 0.883. The second-order valence-electron chi connectivity index (χ2n) is 7.75. The minimum atomic E-state index is 0.141. The molecule has 3 N–H and O–H groups in total. The van der Waals surface area contributed by atoms with E-state index in [0.29, 0.717) is 6.04 Å². The van der Waals surface area contributed by atoms with E-state index >= 15 is 0 Å². The van der Waals surface area contributed by atoms with Gasteiger partial charge in [0.2, 0.25) is 5.95 Å². The van der Waals surface area contributed by atoms with Crippen LogP contribution in [0, 0.1) is 6.92 Å². The highest BCUT2D eigenvalue weighted by molar-refractivity contribution is 5.78. The first kappa shape index (κ1) is 14.4. The van der Waals surface area contributed by atoms with Crippen molar-refractivity contribution in [3.05, 3.63) is 23.8 Å². The third-order valence-electron chi connectivity index (χ3n) is 4.17. The van der Waals surface area contributed by atoms with E-state index in [2.05, 4.69) is 73.4 Å². The molecule has 0 radical (unpaired) electrons. The fraction of sp³-hybridized carbons (Fsp3) is 0.588. The third kappa shape index (κ3) is 3.21. The zero-order valence-corrected chi connectivity index (χ0v) is 13.7. The van der Waals surface area contributed by atoms with Crippen molar-refractivity contribution in [3.8, 4) is 0 Å². The van der Waals surface area contributed by atoms with Gasteiger partial charge in [0.1, 0.15) is 0 Å². The highest BCUT2D eigenvalue weighted by Crippen LogP contribution is 2.30. The lowest BCUT2D eigenvalue weighted by molar-refractivity contribution is 0.170. The van der Waals surface area contributed by atoms with Crippen LogP contribution in [0.25, 0.3) is 11.0 Å². The second kappa shape index (κ2) is 4.73. The Morgan fingerprint density at radius 3 is 2.48 bits per heavy atom. The molecule has 2 heterocycles. The van der Waals surface area contributed by atoms with Crippen LogP contribution in [0.5, 0.6) is 0 Å². The van der Waals surface area contributed by atoms with Crippen molar-refractivity contribution in [2.24, 2.45) is 0 Å². The number of piperidine rings is 1. The Morgan fingerprint density at radius 1 is 1.14 bits per heavy atom. The average Bonchev–Trinajstić information content (AvgIpc) is 2.65. The van der Waals surface area contributed by atoms with Crippen LogP contribution in [0.2, 0.25) is 0 Å². The van der Waals surface area contributed by atoms with Crippen molar-refractivity contribution < 1.29 is 0 Å². The smallest absolute Gasteiger partial charge is 0.201 e. The van der Waals surface area contributed by atoms with Crippen LogP contribution < -0.4 is 10.6 Å². The number of nitrogens with one attached hydrogen (secondary N) is 3. The van der Waals surface area contributed by atoms with Gasteiger partial charge in [-0.1, -0.05) is 6.07 Å². The van der Waals surface area contributed by atoms with Gasteiger partial charge in [0.25, 0.3) is 0 Å². The average molecular weight is 286 g/mol. The van der Waals surface area contributed by atoms with E-state index in [-0.39, 0.29) is 11.1 Å². The van der Waals surface area contributed by atoms with E-state index in [0.717, 1.165) is 29.8 Å². The van der Waals surface area contributed by atoms with Gasteiger partial charge in [0.15, 0.2) is 0 Å². The molecule has 0 spiro atoms. The lowest BCUT2D eigenvalue weighted by Crippen LogP contribution is -2.60. The first-order valence-corrected chi connectivity index (χ1v) is 7.75. The predicted octanol–water partition coefficient (Wildman–Crippen LogP) is 3.59. The summed E-state index contributed by atoms with van der Waals surface area (Å²) in [5, 5.41) is 7.31. The Hall–Kier alpha value is -1.55. The SMILES string of the molecule is Cc1ccc2nc(NC3CC(C)(C)NC(C)(C)C3)[nH]c2c1. The number of fused-ring (bicyclic) bond motifs is 1. The number of hydrogen-bond donors (Lipinski definition) is 3. The number of hydrogen-bond acceptors (Lipinski definition) is 3. The topological polar surface area (TPSA) is 52.7 Å². The molecule has 1 aromatic carbocycles. The molecule has 0 bridgehead atoms. The van der Waals surface area contributed by atoms with Crippen molar-refractivity contribution >= 4 is 17.0 Å². The number of aryl methyl sites for hydroxylation is 1. The van der Waals surface area contributed by atoms with E-state index in [1.54, 1.807) is 0 Å². The molecule has 1 aliphatic rings. The fourth-order valence-corrected chi connectivity index (χ4v) is 3.81. The lowest BCUT2D eigenvalue weighted by atomic mass is 9.80. The van der Waals surface area contributed by atoms with Gasteiger partial charge in [0, 0.05) is 17.1 Å². The van der Waals surface area contributed by atoms with Crippen LogP contribution in [0.1, 0.15) is 46.1 Å². The van der Waals surface area contributed by atoms with Crippen molar-refractivity contribution in [2.45, 2.75) is 64.6 Å². The molecule has 1 fully saturated rings.